The van der Waals surface area contributed by atoms with Crippen LogP contribution in [-0.4, -0.2) is 68.3 Å². The Morgan fingerprint density at radius 3 is 2.71 bits per heavy atom. The first-order chi connectivity index (χ1) is 17.0. The van der Waals surface area contributed by atoms with Gasteiger partial charge in [0, 0.05) is 75.3 Å². The van der Waals surface area contributed by atoms with Crippen LogP contribution in [0.15, 0.2) is 36.7 Å². The van der Waals surface area contributed by atoms with Crippen LogP contribution >= 0.6 is 0 Å². The molecule has 8 heteroatoms. The number of nitriles is 1. The molecule has 0 amide bonds. The largest absolute Gasteiger partial charge is 0.307 e. The molecule has 2 fully saturated rings. The van der Waals surface area contributed by atoms with E-state index in [1.807, 2.05) is 31.4 Å². The van der Waals surface area contributed by atoms with Crippen molar-refractivity contribution in [3.05, 3.63) is 53.3 Å². The Labute approximate surface area is 206 Å². The number of nitrogens with zero attached hydrogens (tertiary/aromatic N) is 7. The van der Waals surface area contributed by atoms with Gasteiger partial charge in [-0.05, 0) is 55.0 Å². The Bertz CT molecular complexity index is 1280. The van der Waals surface area contributed by atoms with E-state index in [2.05, 4.69) is 44.3 Å². The fraction of sp³-hybridized carbons (Fsp3) is 0.481. The zero-order valence-electron chi connectivity index (χ0n) is 20.5. The summed E-state index contributed by atoms with van der Waals surface area (Å²) in [4.78, 5) is 14.4. The Hall–Kier alpha value is -3.28. The summed E-state index contributed by atoms with van der Waals surface area (Å²) >= 11 is 0. The van der Waals surface area contributed by atoms with Gasteiger partial charge < -0.3 is 5.32 Å². The van der Waals surface area contributed by atoms with E-state index in [0.717, 1.165) is 55.3 Å². The highest BCUT2D eigenvalue weighted by molar-refractivity contribution is 5.68. The maximum Gasteiger partial charge on any atom is 0.228 e. The summed E-state index contributed by atoms with van der Waals surface area (Å²) in [5, 5.41) is 17.5. The van der Waals surface area contributed by atoms with Gasteiger partial charge in [-0.1, -0.05) is 6.92 Å². The molecule has 0 radical (unpaired) electrons. The fourth-order valence-electron chi connectivity index (χ4n) is 5.82. The lowest BCUT2D eigenvalue weighted by molar-refractivity contribution is 0.107. The van der Waals surface area contributed by atoms with Gasteiger partial charge in [0.25, 0.3) is 0 Å². The monoisotopic (exact) mass is 468 g/mol. The molecule has 1 N–H and O–H groups in total. The zero-order chi connectivity index (χ0) is 24.0. The number of rotatable bonds is 6. The lowest BCUT2D eigenvalue weighted by atomic mass is 9.81. The van der Waals surface area contributed by atoms with Crippen molar-refractivity contribution < 1.29 is 0 Å². The number of hydrogen-bond donors (Lipinski definition) is 1. The van der Waals surface area contributed by atoms with Gasteiger partial charge in [0.1, 0.15) is 0 Å². The number of fused-ring (bicyclic) bond motifs is 1. The molecule has 2 aromatic heterocycles. The second-order valence-corrected chi connectivity index (χ2v) is 10.5. The summed E-state index contributed by atoms with van der Waals surface area (Å²) in [6.07, 6.45) is 8.44. The third kappa shape index (κ3) is 4.42. The average molecular weight is 469 g/mol. The number of aromatic nitrogens is 4. The van der Waals surface area contributed by atoms with Crippen molar-refractivity contribution in [2.24, 2.45) is 7.05 Å². The maximum absolute atomic E-state index is 9.98. The second kappa shape index (κ2) is 8.74. The maximum atomic E-state index is 9.98. The predicted molar refractivity (Wildman–Crippen MR) is 135 cm³/mol. The minimum atomic E-state index is 0.0424. The summed E-state index contributed by atoms with van der Waals surface area (Å²) in [6, 6.07) is 11.4. The van der Waals surface area contributed by atoms with Gasteiger partial charge in [-0.3, -0.25) is 14.5 Å². The third-order valence-corrected chi connectivity index (χ3v) is 7.89. The van der Waals surface area contributed by atoms with Gasteiger partial charge in [0.2, 0.25) is 5.95 Å². The Morgan fingerprint density at radius 1 is 1.17 bits per heavy atom. The normalized spacial score (nSPS) is 22.7. The predicted octanol–water partition coefficient (Wildman–Crippen LogP) is 3.48. The SMILES string of the molecule is Cn1ccc(Nc2nccc(-c3cc(C#N)c4c(c3)[C@](C)(CN3CCN(C5CC5)CC3)CC4)n2)n1. The van der Waals surface area contributed by atoms with E-state index >= 15 is 0 Å². The summed E-state index contributed by atoms with van der Waals surface area (Å²) in [5.41, 5.74) is 5.13. The number of anilines is 2. The summed E-state index contributed by atoms with van der Waals surface area (Å²) in [6.45, 7) is 8.07. The van der Waals surface area contributed by atoms with Crippen molar-refractivity contribution in [2.75, 3.05) is 38.0 Å². The first-order valence-electron chi connectivity index (χ1n) is 12.6. The Kier molecular flexibility index (Phi) is 5.54. The number of nitrogens with one attached hydrogen (secondary N) is 1. The van der Waals surface area contributed by atoms with Gasteiger partial charge in [-0.25, -0.2) is 9.97 Å². The van der Waals surface area contributed by atoms with Crippen molar-refractivity contribution in [1.29, 1.82) is 5.26 Å². The van der Waals surface area contributed by atoms with Crippen molar-refractivity contribution >= 4 is 11.8 Å². The highest BCUT2D eigenvalue weighted by Gasteiger charge is 2.39. The molecule has 3 aromatic rings. The lowest BCUT2D eigenvalue weighted by Gasteiger charge is -2.39. The van der Waals surface area contributed by atoms with E-state index in [1.165, 1.54) is 37.1 Å². The number of piperazine rings is 1. The fourth-order valence-corrected chi connectivity index (χ4v) is 5.82. The van der Waals surface area contributed by atoms with Gasteiger partial charge in [-0.2, -0.15) is 10.4 Å². The number of benzene rings is 1. The summed E-state index contributed by atoms with van der Waals surface area (Å²) in [7, 11) is 1.88. The van der Waals surface area contributed by atoms with Gasteiger partial charge in [0.15, 0.2) is 5.82 Å². The highest BCUT2D eigenvalue weighted by Crippen LogP contribution is 2.43. The molecule has 1 saturated heterocycles. The van der Waals surface area contributed by atoms with Crippen LogP contribution in [0.3, 0.4) is 0 Å². The molecule has 1 atom stereocenters. The minimum absolute atomic E-state index is 0.0424. The van der Waals surface area contributed by atoms with Gasteiger partial charge in [-0.15, -0.1) is 0 Å². The minimum Gasteiger partial charge on any atom is -0.307 e. The molecule has 8 nitrogen and oxygen atoms in total. The van der Waals surface area contributed by atoms with E-state index < -0.39 is 0 Å². The Morgan fingerprint density at radius 2 is 2.00 bits per heavy atom. The molecule has 35 heavy (non-hydrogen) atoms. The van der Waals surface area contributed by atoms with E-state index in [1.54, 1.807) is 10.9 Å². The molecule has 2 aliphatic carbocycles. The van der Waals surface area contributed by atoms with Crippen molar-refractivity contribution in [3.8, 4) is 17.3 Å². The van der Waals surface area contributed by atoms with Crippen LogP contribution in [0.1, 0.15) is 42.9 Å². The zero-order valence-corrected chi connectivity index (χ0v) is 20.5. The van der Waals surface area contributed by atoms with Crippen LogP contribution in [-0.2, 0) is 18.9 Å². The topological polar surface area (TPSA) is 85.9 Å². The molecule has 1 aliphatic heterocycles. The second-order valence-electron chi connectivity index (χ2n) is 10.5. The molecule has 180 valence electrons. The third-order valence-electron chi connectivity index (χ3n) is 7.89. The Balaban J connectivity index is 1.26. The quantitative estimate of drug-likeness (QED) is 0.593. The van der Waals surface area contributed by atoms with Crippen LogP contribution in [0.25, 0.3) is 11.3 Å². The smallest absolute Gasteiger partial charge is 0.228 e. The van der Waals surface area contributed by atoms with Gasteiger partial charge in [0.05, 0.1) is 17.3 Å². The first kappa shape index (κ1) is 22.2. The highest BCUT2D eigenvalue weighted by atomic mass is 15.3. The van der Waals surface area contributed by atoms with E-state index in [-0.39, 0.29) is 5.41 Å². The van der Waals surface area contributed by atoms with Crippen LogP contribution in [0.4, 0.5) is 11.8 Å². The standard InChI is InChI=1S/C27H32N8/c1-27(18-34-11-13-35(14-12-34)21-3-4-21)8-5-22-20(17-28)15-19(16-23(22)27)24-6-9-29-26(30-24)31-25-7-10-33(2)32-25/h6-7,9-10,15-16,21H,3-5,8,11-14,18H2,1-2H3,(H,29,30,31,32)/t27-/m0/s1. The van der Waals surface area contributed by atoms with Crippen LogP contribution in [0, 0.1) is 11.3 Å². The van der Waals surface area contributed by atoms with E-state index in [9.17, 15) is 5.26 Å². The van der Waals surface area contributed by atoms with Crippen molar-refractivity contribution in [3.63, 3.8) is 0 Å². The molecular weight excluding hydrogens is 436 g/mol. The van der Waals surface area contributed by atoms with Gasteiger partial charge >= 0.3 is 0 Å². The summed E-state index contributed by atoms with van der Waals surface area (Å²) in [5.74, 6) is 1.20. The number of hydrogen-bond acceptors (Lipinski definition) is 7. The molecule has 0 bridgehead atoms. The number of aryl methyl sites for hydroxylation is 1. The molecule has 1 aromatic carbocycles. The molecular formula is C27H32N8. The van der Waals surface area contributed by atoms with Crippen LogP contribution < -0.4 is 5.32 Å². The summed E-state index contributed by atoms with van der Waals surface area (Å²) < 4.78 is 1.73. The van der Waals surface area contributed by atoms with Crippen molar-refractivity contribution in [2.45, 2.75) is 44.1 Å². The molecule has 3 heterocycles. The average Bonchev–Trinajstić information content (AvgIpc) is 3.56. The molecule has 0 spiro atoms. The van der Waals surface area contributed by atoms with Crippen LogP contribution in [0.5, 0.6) is 0 Å². The van der Waals surface area contributed by atoms with E-state index in [0.29, 0.717) is 11.8 Å². The van der Waals surface area contributed by atoms with E-state index in [4.69, 9.17) is 4.98 Å². The molecule has 3 aliphatic rings. The molecule has 1 saturated carbocycles. The first-order valence-corrected chi connectivity index (χ1v) is 12.6. The van der Waals surface area contributed by atoms with Crippen LogP contribution in [0.2, 0.25) is 0 Å². The van der Waals surface area contributed by atoms with Crippen molar-refractivity contribution in [1.82, 2.24) is 29.5 Å². The molecule has 6 rings (SSSR count). The lowest BCUT2D eigenvalue weighted by Crippen LogP contribution is -2.50. The molecule has 0 unspecified atom stereocenters.